The van der Waals surface area contributed by atoms with Crippen LogP contribution in [0.25, 0.3) is 0 Å². The molecule has 1 rings (SSSR count). The van der Waals surface area contributed by atoms with Gasteiger partial charge in [-0.2, -0.15) is 0 Å². The molecule has 0 aliphatic carbocycles. The van der Waals surface area contributed by atoms with Crippen molar-refractivity contribution in [2.24, 2.45) is 0 Å². The fourth-order valence-electron chi connectivity index (χ4n) is 1.58. The quantitative estimate of drug-likeness (QED) is 0.495. The predicted molar refractivity (Wildman–Crippen MR) is 86.0 cm³/mol. The SMILES string of the molecule is CCCOCCN(C(=O)CCl)c1c(Br)cccc1Br. The van der Waals surface area contributed by atoms with Gasteiger partial charge in [-0.3, -0.25) is 4.79 Å². The van der Waals surface area contributed by atoms with Crippen molar-refractivity contribution in [2.75, 3.05) is 30.5 Å². The third-order valence-corrected chi connectivity index (χ3v) is 3.94. The maximum absolute atomic E-state index is 12.0. The van der Waals surface area contributed by atoms with E-state index in [1.807, 2.05) is 25.1 Å². The number of amides is 1. The summed E-state index contributed by atoms with van der Waals surface area (Å²) in [7, 11) is 0. The maximum Gasteiger partial charge on any atom is 0.242 e. The van der Waals surface area contributed by atoms with E-state index in [1.54, 1.807) is 4.90 Å². The molecule has 0 heterocycles. The Balaban J connectivity index is 2.87. The Bertz CT molecular complexity index is 409. The number of hydrogen-bond acceptors (Lipinski definition) is 2. The van der Waals surface area contributed by atoms with Crippen LogP contribution < -0.4 is 4.90 Å². The smallest absolute Gasteiger partial charge is 0.242 e. The van der Waals surface area contributed by atoms with Crippen LogP contribution in [-0.4, -0.2) is 31.5 Å². The van der Waals surface area contributed by atoms with Crippen molar-refractivity contribution in [2.45, 2.75) is 13.3 Å². The third kappa shape index (κ3) is 5.06. The largest absolute Gasteiger partial charge is 0.380 e. The zero-order chi connectivity index (χ0) is 14.3. The summed E-state index contributed by atoms with van der Waals surface area (Å²) in [6, 6.07) is 5.68. The number of ether oxygens (including phenoxy) is 1. The molecule has 0 N–H and O–H groups in total. The van der Waals surface area contributed by atoms with Crippen LogP contribution in [0, 0.1) is 0 Å². The summed E-state index contributed by atoms with van der Waals surface area (Å²) in [5.41, 5.74) is 0.785. The van der Waals surface area contributed by atoms with Crippen molar-refractivity contribution in [3.63, 3.8) is 0 Å². The number of carbonyl (C=O) groups is 1. The molecule has 0 radical (unpaired) electrons. The Hall–Kier alpha value is -0.100. The number of para-hydroxylation sites is 1. The molecule has 1 aromatic rings. The highest BCUT2D eigenvalue weighted by molar-refractivity contribution is 9.11. The molecule has 0 aliphatic heterocycles. The molecule has 0 bridgehead atoms. The third-order valence-electron chi connectivity index (χ3n) is 2.43. The van der Waals surface area contributed by atoms with Crippen LogP contribution in [0.1, 0.15) is 13.3 Å². The molecule has 1 amide bonds. The van der Waals surface area contributed by atoms with E-state index in [9.17, 15) is 4.79 Å². The van der Waals surface area contributed by atoms with Crippen molar-refractivity contribution in [1.82, 2.24) is 0 Å². The highest BCUT2D eigenvalue weighted by Gasteiger charge is 2.19. The Morgan fingerprint density at radius 2 is 1.95 bits per heavy atom. The van der Waals surface area contributed by atoms with E-state index in [-0.39, 0.29) is 11.8 Å². The van der Waals surface area contributed by atoms with Crippen molar-refractivity contribution in [1.29, 1.82) is 0 Å². The average Bonchev–Trinajstić information content (AvgIpc) is 2.40. The molecule has 0 atom stereocenters. The number of halogens is 3. The van der Waals surface area contributed by atoms with Gasteiger partial charge in [-0.15, -0.1) is 11.6 Å². The van der Waals surface area contributed by atoms with Gasteiger partial charge in [-0.1, -0.05) is 13.0 Å². The molecule has 0 fully saturated rings. The van der Waals surface area contributed by atoms with Gasteiger partial charge >= 0.3 is 0 Å². The van der Waals surface area contributed by atoms with Gasteiger partial charge < -0.3 is 9.64 Å². The highest BCUT2D eigenvalue weighted by atomic mass is 79.9. The van der Waals surface area contributed by atoms with Gasteiger partial charge in [0.25, 0.3) is 0 Å². The van der Waals surface area contributed by atoms with E-state index in [4.69, 9.17) is 16.3 Å². The van der Waals surface area contributed by atoms with Crippen LogP contribution in [0.2, 0.25) is 0 Å². The average molecular weight is 414 g/mol. The summed E-state index contributed by atoms with van der Waals surface area (Å²) in [6.45, 7) is 3.71. The van der Waals surface area contributed by atoms with Crippen LogP contribution in [0.4, 0.5) is 5.69 Å². The first-order valence-electron chi connectivity index (χ1n) is 5.99. The molecule has 6 heteroatoms. The fourth-order valence-corrected chi connectivity index (χ4v) is 3.15. The predicted octanol–water partition coefficient (Wildman–Crippen LogP) is 4.21. The zero-order valence-corrected chi connectivity index (χ0v) is 14.6. The maximum atomic E-state index is 12.0. The van der Waals surface area contributed by atoms with Crippen LogP contribution in [-0.2, 0) is 9.53 Å². The van der Waals surface area contributed by atoms with Crippen LogP contribution in [0.15, 0.2) is 27.1 Å². The first-order chi connectivity index (χ1) is 9.11. The van der Waals surface area contributed by atoms with Crippen molar-refractivity contribution in [3.05, 3.63) is 27.1 Å². The molecule has 0 aliphatic rings. The van der Waals surface area contributed by atoms with E-state index in [2.05, 4.69) is 31.9 Å². The van der Waals surface area contributed by atoms with Crippen LogP contribution in [0.5, 0.6) is 0 Å². The Morgan fingerprint density at radius 3 is 2.47 bits per heavy atom. The minimum absolute atomic E-state index is 0.0540. The molecule has 3 nitrogen and oxygen atoms in total. The molecule has 0 unspecified atom stereocenters. The summed E-state index contributed by atoms with van der Waals surface area (Å²) >= 11 is 12.6. The van der Waals surface area contributed by atoms with Gasteiger partial charge in [-0.05, 0) is 50.4 Å². The lowest BCUT2D eigenvalue weighted by Gasteiger charge is -2.24. The van der Waals surface area contributed by atoms with Gasteiger partial charge in [0.1, 0.15) is 5.88 Å². The number of anilines is 1. The number of alkyl halides is 1. The lowest BCUT2D eigenvalue weighted by Crippen LogP contribution is -2.35. The second-order valence-electron chi connectivity index (χ2n) is 3.86. The van der Waals surface area contributed by atoms with Gasteiger partial charge in [0.2, 0.25) is 5.91 Å². The number of nitrogens with zero attached hydrogens (tertiary/aromatic N) is 1. The minimum Gasteiger partial charge on any atom is -0.380 e. The molecular weight excluding hydrogens is 397 g/mol. The monoisotopic (exact) mass is 411 g/mol. The molecule has 19 heavy (non-hydrogen) atoms. The summed E-state index contributed by atoms with van der Waals surface area (Å²) in [5.74, 6) is -0.198. The summed E-state index contributed by atoms with van der Waals surface area (Å²) in [4.78, 5) is 13.6. The number of rotatable bonds is 7. The van der Waals surface area contributed by atoms with E-state index < -0.39 is 0 Å². The number of carbonyl (C=O) groups excluding carboxylic acids is 1. The minimum atomic E-state index is -0.144. The normalized spacial score (nSPS) is 10.5. The lowest BCUT2D eigenvalue weighted by molar-refractivity contribution is -0.116. The Labute approximate surface area is 135 Å². The summed E-state index contributed by atoms with van der Waals surface area (Å²) in [6.07, 6.45) is 0.960. The van der Waals surface area contributed by atoms with Crippen molar-refractivity contribution < 1.29 is 9.53 Å². The molecule has 0 aromatic heterocycles. The van der Waals surface area contributed by atoms with Gasteiger partial charge in [-0.25, -0.2) is 0 Å². The second-order valence-corrected chi connectivity index (χ2v) is 5.84. The zero-order valence-electron chi connectivity index (χ0n) is 10.7. The summed E-state index contributed by atoms with van der Waals surface area (Å²) < 4.78 is 7.13. The topological polar surface area (TPSA) is 29.5 Å². The second kappa shape index (κ2) is 8.95. The molecular formula is C13H16Br2ClNO2. The molecule has 0 saturated heterocycles. The van der Waals surface area contributed by atoms with E-state index >= 15 is 0 Å². The van der Waals surface area contributed by atoms with Gasteiger partial charge in [0.15, 0.2) is 0 Å². The first-order valence-corrected chi connectivity index (χ1v) is 8.12. The number of benzene rings is 1. The molecule has 0 saturated carbocycles. The molecule has 1 aromatic carbocycles. The van der Waals surface area contributed by atoms with Gasteiger partial charge in [0.05, 0.1) is 12.3 Å². The number of hydrogen-bond donors (Lipinski definition) is 0. The van der Waals surface area contributed by atoms with E-state index in [0.717, 1.165) is 21.1 Å². The summed E-state index contributed by atoms with van der Waals surface area (Å²) in [5, 5.41) is 0. The Kier molecular flexibility index (Phi) is 7.99. The van der Waals surface area contributed by atoms with E-state index in [1.165, 1.54) is 0 Å². The standard InChI is InChI=1S/C13H16Br2ClNO2/c1-2-7-19-8-6-17(12(18)9-16)13-10(14)4-3-5-11(13)15/h3-5H,2,6-9H2,1H3. The lowest BCUT2D eigenvalue weighted by atomic mass is 10.3. The van der Waals surface area contributed by atoms with E-state index in [0.29, 0.717) is 19.8 Å². The van der Waals surface area contributed by atoms with Gasteiger partial charge in [0, 0.05) is 22.1 Å². The van der Waals surface area contributed by atoms with Crippen molar-refractivity contribution >= 4 is 55.1 Å². The van der Waals surface area contributed by atoms with Crippen LogP contribution >= 0.6 is 43.5 Å². The molecule has 0 spiro atoms. The Morgan fingerprint density at radius 1 is 1.32 bits per heavy atom. The first kappa shape index (κ1) is 17.0. The molecule has 106 valence electrons. The van der Waals surface area contributed by atoms with Crippen LogP contribution in [0.3, 0.4) is 0 Å². The fraction of sp³-hybridized carbons (Fsp3) is 0.462. The van der Waals surface area contributed by atoms with Crippen molar-refractivity contribution in [3.8, 4) is 0 Å². The highest BCUT2D eigenvalue weighted by Crippen LogP contribution is 2.34.